The summed E-state index contributed by atoms with van der Waals surface area (Å²) in [7, 11) is 0. The molecule has 0 atom stereocenters. The lowest BCUT2D eigenvalue weighted by molar-refractivity contribution is 0.475. The molecule has 3 nitrogen and oxygen atoms in total. The molecule has 0 unspecified atom stereocenters. The molecule has 0 spiro atoms. The maximum absolute atomic E-state index is 9.23. The van der Waals surface area contributed by atoms with Crippen molar-refractivity contribution in [2.75, 3.05) is 10.9 Å². The van der Waals surface area contributed by atoms with Gasteiger partial charge in [0, 0.05) is 0 Å². The van der Waals surface area contributed by atoms with Crippen molar-refractivity contribution in [1.82, 2.24) is 0 Å². The second-order valence-electron chi connectivity index (χ2n) is 4.74. The van der Waals surface area contributed by atoms with Crippen molar-refractivity contribution in [3.05, 3.63) is 78.9 Å². The summed E-state index contributed by atoms with van der Waals surface area (Å²) >= 11 is 0. The van der Waals surface area contributed by atoms with Gasteiger partial charge in [-0.25, -0.2) is 0 Å². The fourth-order valence-electron chi connectivity index (χ4n) is 2.07. The van der Waals surface area contributed by atoms with Crippen molar-refractivity contribution < 1.29 is 5.11 Å². The quantitative estimate of drug-likeness (QED) is 0.485. The van der Waals surface area contributed by atoms with E-state index < -0.39 is 0 Å². The number of phenolic OH excluding ortho intramolecular Hbond substituents is 1. The summed E-state index contributed by atoms with van der Waals surface area (Å²) in [6, 6.07) is 25.4. The maximum atomic E-state index is 9.23. The number of nitrogens with one attached hydrogen (secondary N) is 2. The Morgan fingerprint density at radius 1 is 0.524 bits per heavy atom. The van der Waals surface area contributed by atoms with Crippen LogP contribution in [0.2, 0.25) is 0 Å². The molecular formula is C18H16N2O. The molecule has 0 heterocycles. The molecule has 104 valence electrons. The van der Waals surface area contributed by atoms with Crippen LogP contribution in [0.5, 0.6) is 5.75 Å². The Kier molecular flexibility index (Phi) is 3.74. The minimum absolute atomic E-state index is 0.257. The van der Waals surface area contributed by atoms with Gasteiger partial charge < -0.3 is 16.0 Å². The van der Waals surface area contributed by atoms with Crippen molar-refractivity contribution >= 4 is 11.4 Å². The van der Waals surface area contributed by atoms with Crippen molar-refractivity contribution in [2.45, 2.75) is 0 Å². The summed E-state index contributed by atoms with van der Waals surface area (Å²) in [4.78, 5) is 0. The molecule has 0 amide bonds. The minimum atomic E-state index is 0.257. The van der Waals surface area contributed by atoms with Gasteiger partial charge in [0.15, 0.2) is 0 Å². The number of anilines is 2. The molecule has 0 aliphatic heterocycles. The van der Waals surface area contributed by atoms with E-state index in [0.717, 1.165) is 11.4 Å². The third kappa shape index (κ3) is 3.34. The van der Waals surface area contributed by atoms with Gasteiger partial charge in [0.2, 0.25) is 0 Å². The second-order valence-corrected chi connectivity index (χ2v) is 4.74. The first-order valence-corrected chi connectivity index (χ1v) is 6.78. The van der Waals surface area contributed by atoms with Gasteiger partial charge in [-0.05, 0) is 47.5 Å². The number of rotatable bonds is 4. The molecule has 0 saturated heterocycles. The van der Waals surface area contributed by atoms with Crippen LogP contribution in [-0.2, 0) is 0 Å². The average molecular weight is 276 g/mol. The van der Waals surface area contributed by atoms with Crippen LogP contribution in [0.15, 0.2) is 78.9 Å². The summed E-state index contributed by atoms with van der Waals surface area (Å²) in [5.74, 6) is 0.257. The summed E-state index contributed by atoms with van der Waals surface area (Å²) in [5, 5.41) is 9.23. The first-order chi connectivity index (χ1) is 10.3. The van der Waals surface area contributed by atoms with Crippen molar-refractivity contribution in [3.8, 4) is 16.9 Å². The Hall–Kier alpha value is -2.94. The number of phenols is 1. The summed E-state index contributed by atoms with van der Waals surface area (Å²) in [5.41, 5.74) is 10.5. The largest absolute Gasteiger partial charge is 0.508 e. The third-order valence-electron chi connectivity index (χ3n) is 3.21. The van der Waals surface area contributed by atoms with E-state index in [0.29, 0.717) is 0 Å². The standard InChI is InChI=1S/C18H16N2O/c21-18-12-10-17(11-13-18)20-19-16-8-6-15(7-9-16)14-4-2-1-3-5-14/h1-13,19-21H. The number of hydrogen-bond acceptors (Lipinski definition) is 3. The van der Waals surface area contributed by atoms with Gasteiger partial charge in [-0.1, -0.05) is 42.5 Å². The summed E-state index contributed by atoms with van der Waals surface area (Å²) in [6.07, 6.45) is 0. The SMILES string of the molecule is Oc1ccc(NNc2ccc(-c3ccccc3)cc2)cc1. The highest BCUT2D eigenvalue weighted by Crippen LogP contribution is 2.21. The molecule has 0 saturated carbocycles. The van der Waals surface area contributed by atoms with Gasteiger partial charge in [-0.3, -0.25) is 0 Å². The Labute approximate surface area is 123 Å². The van der Waals surface area contributed by atoms with Crippen molar-refractivity contribution in [1.29, 1.82) is 0 Å². The lowest BCUT2D eigenvalue weighted by Crippen LogP contribution is -2.07. The van der Waals surface area contributed by atoms with Gasteiger partial charge in [-0.15, -0.1) is 0 Å². The molecule has 3 aromatic rings. The van der Waals surface area contributed by atoms with E-state index in [2.05, 4.69) is 35.1 Å². The second kappa shape index (κ2) is 6.01. The monoisotopic (exact) mass is 276 g/mol. The van der Waals surface area contributed by atoms with E-state index in [9.17, 15) is 5.11 Å². The van der Waals surface area contributed by atoms with Gasteiger partial charge in [0.25, 0.3) is 0 Å². The third-order valence-corrected chi connectivity index (χ3v) is 3.21. The zero-order valence-electron chi connectivity index (χ0n) is 11.5. The molecule has 3 rings (SSSR count). The normalized spacial score (nSPS) is 10.1. The smallest absolute Gasteiger partial charge is 0.115 e. The number of benzene rings is 3. The van der Waals surface area contributed by atoms with Crippen LogP contribution in [0.1, 0.15) is 0 Å². The zero-order valence-corrected chi connectivity index (χ0v) is 11.5. The molecule has 0 aromatic heterocycles. The minimum Gasteiger partial charge on any atom is -0.508 e. The van der Waals surface area contributed by atoms with Crippen molar-refractivity contribution in [2.24, 2.45) is 0 Å². The molecule has 0 radical (unpaired) electrons. The number of hydrogen-bond donors (Lipinski definition) is 3. The van der Waals surface area contributed by atoms with Crippen LogP contribution in [-0.4, -0.2) is 5.11 Å². The predicted octanol–water partition coefficient (Wildman–Crippen LogP) is 4.50. The predicted molar refractivity (Wildman–Crippen MR) is 87.2 cm³/mol. The fourth-order valence-corrected chi connectivity index (χ4v) is 2.07. The zero-order chi connectivity index (χ0) is 14.5. The van der Waals surface area contributed by atoms with E-state index in [1.165, 1.54) is 11.1 Å². The highest BCUT2D eigenvalue weighted by atomic mass is 16.3. The van der Waals surface area contributed by atoms with E-state index in [-0.39, 0.29) is 5.75 Å². The lowest BCUT2D eigenvalue weighted by atomic mass is 10.1. The van der Waals surface area contributed by atoms with Crippen LogP contribution < -0.4 is 10.9 Å². The number of hydrazine groups is 1. The molecule has 3 heteroatoms. The lowest BCUT2D eigenvalue weighted by Gasteiger charge is -2.10. The van der Waals surface area contributed by atoms with Gasteiger partial charge >= 0.3 is 0 Å². The Bertz CT molecular complexity index is 692. The van der Waals surface area contributed by atoms with Crippen LogP contribution in [0, 0.1) is 0 Å². The average Bonchev–Trinajstić information content (AvgIpc) is 2.56. The highest BCUT2D eigenvalue weighted by molar-refractivity contribution is 5.66. The maximum Gasteiger partial charge on any atom is 0.115 e. The van der Waals surface area contributed by atoms with Gasteiger partial charge in [-0.2, -0.15) is 0 Å². The molecular weight excluding hydrogens is 260 g/mol. The summed E-state index contributed by atoms with van der Waals surface area (Å²) in [6.45, 7) is 0. The first-order valence-electron chi connectivity index (χ1n) is 6.78. The summed E-state index contributed by atoms with van der Waals surface area (Å²) < 4.78 is 0. The Balaban J connectivity index is 1.66. The topological polar surface area (TPSA) is 44.3 Å². The van der Waals surface area contributed by atoms with Gasteiger partial charge in [0.1, 0.15) is 5.75 Å². The van der Waals surface area contributed by atoms with Crippen LogP contribution in [0.4, 0.5) is 11.4 Å². The van der Waals surface area contributed by atoms with Gasteiger partial charge in [0.05, 0.1) is 11.4 Å². The van der Waals surface area contributed by atoms with Crippen LogP contribution in [0.3, 0.4) is 0 Å². The Morgan fingerprint density at radius 2 is 1.00 bits per heavy atom. The van der Waals surface area contributed by atoms with Crippen molar-refractivity contribution in [3.63, 3.8) is 0 Å². The first kappa shape index (κ1) is 13.1. The van der Waals surface area contributed by atoms with E-state index in [1.807, 2.05) is 30.3 Å². The molecule has 0 aliphatic rings. The molecule has 0 fully saturated rings. The number of aromatic hydroxyl groups is 1. The molecule has 3 N–H and O–H groups in total. The molecule has 0 bridgehead atoms. The van der Waals surface area contributed by atoms with E-state index in [1.54, 1.807) is 24.3 Å². The fraction of sp³-hybridized carbons (Fsp3) is 0. The van der Waals surface area contributed by atoms with E-state index in [4.69, 9.17) is 0 Å². The molecule has 0 aliphatic carbocycles. The Morgan fingerprint density at radius 3 is 1.57 bits per heavy atom. The molecule has 3 aromatic carbocycles. The molecule has 21 heavy (non-hydrogen) atoms. The van der Waals surface area contributed by atoms with Crippen LogP contribution in [0.25, 0.3) is 11.1 Å². The highest BCUT2D eigenvalue weighted by Gasteiger charge is 1.97. The van der Waals surface area contributed by atoms with E-state index >= 15 is 0 Å². The van der Waals surface area contributed by atoms with Crippen LogP contribution >= 0.6 is 0 Å².